The Bertz CT molecular complexity index is 866. The summed E-state index contributed by atoms with van der Waals surface area (Å²) in [5.41, 5.74) is 0.798. The third-order valence-electron chi connectivity index (χ3n) is 3.75. The van der Waals surface area contributed by atoms with Crippen molar-refractivity contribution in [2.75, 3.05) is 12.4 Å². The Balaban J connectivity index is 2.37. The van der Waals surface area contributed by atoms with E-state index in [1.54, 1.807) is 19.2 Å². The highest BCUT2D eigenvalue weighted by Crippen LogP contribution is 2.32. The van der Waals surface area contributed by atoms with E-state index in [1.807, 2.05) is 19.1 Å². The van der Waals surface area contributed by atoms with Gasteiger partial charge in [-0.05, 0) is 36.2 Å². The van der Waals surface area contributed by atoms with Gasteiger partial charge in [0.05, 0.1) is 23.0 Å². The summed E-state index contributed by atoms with van der Waals surface area (Å²) in [5, 5.41) is 19.4. The molecule has 2 rings (SSSR count). The van der Waals surface area contributed by atoms with Gasteiger partial charge in [-0.2, -0.15) is 0 Å². The SMILES string of the molecule is CC[C@@H](Nc1ccc(S(N)(=O)=O)cc1[N+](=O)[O-])c1ccc(OC)cc1. The van der Waals surface area contributed by atoms with E-state index >= 15 is 0 Å². The van der Waals surface area contributed by atoms with Crippen LogP contribution in [0.3, 0.4) is 0 Å². The predicted octanol–water partition coefficient (Wildman–Crippen LogP) is 2.81. The molecule has 0 aromatic heterocycles. The van der Waals surface area contributed by atoms with E-state index in [1.165, 1.54) is 12.1 Å². The van der Waals surface area contributed by atoms with Gasteiger partial charge in [0.1, 0.15) is 11.4 Å². The number of primary sulfonamides is 1. The summed E-state index contributed by atoms with van der Waals surface area (Å²) in [5.74, 6) is 0.710. The molecule has 0 heterocycles. The number of anilines is 1. The van der Waals surface area contributed by atoms with Crippen LogP contribution in [0.4, 0.5) is 11.4 Å². The van der Waals surface area contributed by atoms with Gasteiger partial charge in [-0.25, -0.2) is 13.6 Å². The molecule has 1 atom stereocenters. The molecule has 8 nitrogen and oxygen atoms in total. The van der Waals surface area contributed by atoms with Crippen molar-refractivity contribution in [1.29, 1.82) is 0 Å². The number of rotatable bonds is 7. The number of nitrogens with one attached hydrogen (secondary N) is 1. The van der Waals surface area contributed by atoms with Crippen LogP contribution in [0.1, 0.15) is 24.9 Å². The second-order valence-corrected chi connectivity index (χ2v) is 6.92. The van der Waals surface area contributed by atoms with Gasteiger partial charge < -0.3 is 10.1 Å². The maximum Gasteiger partial charge on any atom is 0.293 e. The van der Waals surface area contributed by atoms with Gasteiger partial charge in [0, 0.05) is 6.07 Å². The molecule has 3 N–H and O–H groups in total. The first-order valence-electron chi connectivity index (χ1n) is 7.48. The van der Waals surface area contributed by atoms with Crippen molar-refractivity contribution < 1.29 is 18.1 Å². The van der Waals surface area contributed by atoms with Crippen LogP contribution in [0.15, 0.2) is 47.4 Å². The quantitative estimate of drug-likeness (QED) is 0.574. The second-order valence-electron chi connectivity index (χ2n) is 5.36. The van der Waals surface area contributed by atoms with Crippen LogP contribution < -0.4 is 15.2 Å². The number of nitrogens with zero attached hydrogens (tertiary/aromatic N) is 1. The van der Waals surface area contributed by atoms with E-state index in [4.69, 9.17) is 9.88 Å². The lowest BCUT2D eigenvalue weighted by atomic mass is 10.0. The third-order valence-corrected chi connectivity index (χ3v) is 4.66. The van der Waals surface area contributed by atoms with Gasteiger partial charge in [-0.15, -0.1) is 0 Å². The largest absolute Gasteiger partial charge is 0.497 e. The molecule has 134 valence electrons. The summed E-state index contributed by atoms with van der Waals surface area (Å²) in [6, 6.07) is 10.7. The normalized spacial score (nSPS) is 12.4. The number of ether oxygens (including phenoxy) is 1. The molecule has 0 aliphatic heterocycles. The first-order valence-corrected chi connectivity index (χ1v) is 9.02. The van der Waals surface area contributed by atoms with Crippen LogP contribution in [0.2, 0.25) is 0 Å². The highest BCUT2D eigenvalue weighted by molar-refractivity contribution is 7.89. The zero-order valence-corrected chi connectivity index (χ0v) is 14.6. The second kappa shape index (κ2) is 7.49. The van der Waals surface area contributed by atoms with Crippen molar-refractivity contribution in [3.63, 3.8) is 0 Å². The van der Waals surface area contributed by atoms with Crippen LogP contribution in [-0.4, -0.2) is 20.5 Å². The van der Waals surface area contributed by atoms with E-state index in [9.17, 15) is 18.5 Å². The van der Waals surface area contributed by atoms with Gasteiger partial charge in [-0.3, -0.25) is 10.1 Å². The lowest BCUT2D eigenvalue weighted by Crippen LogP contribution is -2.14. The number of nitro benzene ring substituents is 1. The number of benzene rings is 2. The Hall–Kier alpha value is -2.65. The molecule has 0 saturated carbocycles. The van der Waals surface area contributed by atoms with E-state index in [2.05, 4.69) is 5.32 Å². The molecule has 0 fully saturated rings. The minimum Gasteiger partial charge on any atom is -0.497 e. The van der Waals surface area contributed by atoms with E-state index in [-0.39, 0.29) is 22.3 Å². The van der Waals surface area contributed by atoms with Crippen LogP contribution in [-0.2, 0) is 10.0 Å². The van der Waals surface area contributed by atoms with Gasteiger partial charge in [0.25, 0.3) is 5.69 Å². The molecular weight excluding hydrogens is 346 g/mol. The molecule has 0 aliphatic rings. The summed E-state index contributed by atoms with van der Waals surface area (Å²) in [4.78, 5) is 10.4. The number of methoxy groups -OCH3 is 1. The smallest absolute Gasteiger partial charge is 0.293 e. The average molecular weight is 365 g/mol. The summed E-state index contributed by atoms with van der Waals surface area (Å²) in [6.45, 7) is 1.94. The van der Waals surface area contributed by atoms with Crippen molar-refractivity contribution in [1.82, 2.24) is 0 Å². The topological polar surface area (TPSA) is 125 Å². The zero-order valence-electron chi connectivity index (χ0n) is 13.8. The van der Waals surface area contributed by atoms with Crippen LogP contribution >= 0.6 is 0 Å². The molecule has 9 heteroatoms. The number of hydrogen-bond donors (Lipinski definition) is 2. The molecular formula is C16H19N3O5S. The molecule has 0 saturated heterocycles. The van der Waals surface area contributed by atoms with Crippen molar-refractivity contribution >= 4 is 21.4 Å². The Labute approximate surface area is 145 Å². The molecule has 0 unspecified atom stereocenters. The van der Waals surface area contributed by atoms with Crippen molar-refractivity contribution in [2.45, 2.75) is 24.3 Å². The number of nitro groups is 1. The zero-order chi connectivity index (χ0) is 18.6. The van der Waals surface area contributed by atoms with Gasteiger partial charge in [-0.1, -0.05) is 19.1 Å². The fraction of sp³-hybridized carbons (Fsp3) is 0.250. The van der Waals surface area contributed by atoms with Gasteiger partial charge in [0.15, 0.2) is 0 Å². The van der Waals surface area contributed by atoms with Gasteiger partial charge >= 0.3 is 0 Å². The minimum absolute atomic E-state index is 0.190. The number of nitrogens with two attached hydrogens (primary N) is 1. The van der Waals surface area contributed by atoms with Crippen molar-refractivity contribution in [3.8, 4) is 5.75 Å². The maximum atomic E-state index is 11.4. The summed E-state index contributed by atoms with van der Waals surface area (Å²) < 4.78 is 27.9. The Kier molecular flexibility index (Phi) is 5.60. The first-order chi connectivity index (χ1) is 11.8. The Morgan fingerprint density at radius 1 is 1.24 bits per heavy atom. The monoisotopic (exact) mass is 365 g/mol. The summed E-state index contributed by atoms with van der Waals surface area (Å²) >= 11 is 0. The molecule has 0 spiro atoms. The van der Waals surface area contributed by atoms with Crippen molar-refractivity contribution in [3.05, 3.63) is 58.1 Å². The summed E-state index contributed by atoms with van der Waals surface area (Å²) in [7, 11) is -2.45. The van der Waals surface area contributed by atoms with E-state index in [0.717, 1.165) is 11.6 Å². The third kappa shape index (κ3) is 4.46. The van der Waals surface area contributed by atoms with Gasteiger partial charge in [0.2, 0.25) is 10.0 Å². The molecule has 25 heavy (non-hydrogen) atoms. The standard InChI is InChI=1S/C16H19N3O5S/c1-3-14(11-4-6-12(24-2)7-5-11)18-15-9-8-13(25(17,22)23)10-16(15)19(20)21/h4-10,14,18H,3H2,1-2H3,(H2,17,22,23)/t14-/m1/s1. The Morgan fingerprint density at radius 2 is 1.88 bits per heavy atom. The van der Waals surface area contributed by atoms with Crippen molar-refractivity contribution in [2.24, 2.45) is 5.14 Å². The lowest BCUT2D eigenvalue weighted by molar-refractivity contribution is -0.384. The summed E-state index contributed by atoms with van der Waals surface area (Å²) in [6.07, 6.45) is 0.667. The van der Waals surface area contributed by atoms with Crippen LogP contribution in [0.25, 0.3) is 0 Å². The van der Waals surface area contributed by atoms with E-state index in [0.29, 0.717) is 12.2 Å². The maximum absolute atomic E-state index is 11.4. The fourth-order valence-corrected chi connectivity index (χ4v) is 2.94. The molecule has 2 aromatic carbocycles. The van der Waals surface area contributed by atoms with E-state index < -0.39 is 14.9 Å². The average Bonchev–Trinajstić information content (AvgIpc) is 2.58. The van der Waals surface area contributed by atoms with Crippen LogP contribution in [0.5, 0.6) is 5.75 Å². The molecule has 0 aliphatic carbocycles. The number of sulfonamides is 1. The number of hydrogen-bond acceptors (Lipinski definition) is 6. The molecule has 0 amide bonds. The Morgan fingerprint density at radius 3 is 2.36 bits per heavy atom. The fourth-order valence-electron chi connectivity index (χ4n) is 2.41. The molecule has 0 bridgehead atoms. The highest BCUT2D eigenvalue weighted by atomic mass is 32.2. The predicted molar refractivity (Wildman–Crippen MR) is 94.1 cm³/mol. The molecule has 2 aromatic rings. The first kappa shape index (κ1) is 18.7. The minimum atomic E-state index is -4.02. The molecule has 0 radical (unpaired) electrons. The van der Waals surface area contributed by atoms with Crippen LogP contribution in [0, 0.1) is 10.1 Å². The highest BCUT2D eigenvalue weighted by Gasteiger charge is 2.21. The lowest BCUT2D eigenvalue weighted by Gasteiger charge is -2.19.